The number of unbranched alkanes of at least 4 members (excludes halogenated alkanes) is 3. The Bertz CT molecular complexity index is 495. The number of hydrogen-bond donors (Lipinski definition) is 0. The van der Waals surface area contributed by atoms with E-state index in [1.807, 2.05) is 30.3 Å². The first-order valence-corrected chi connectivity index (χ1v) is 9.46. The summed E-state index contributed by atoms with van der Waals surface area (Å²) in [6, 6.07) is 9.43. The van der Waals surface area contributed by atoms with E-state index in [9.17, 15) is 4.79 Å². The molecule has 3 saturated carbocycles. The summed E-state index contributed by atoms with van der Waals surface area (Å²) in [6.45, 7) is 2.27. The second-order valence-corrected chi connectivity index (χ2v) is 7.75. The number of esters is 1. The molecule has 0 heterocycles. The summed E-state index contributed by atoms with van der Waals surface area (Å²) < 4.78 is 6.00. The zero-order valence-corrected chi connectivity index (χ0v) is 14.5. The SMILES string of the molecule is CCCCCCC12CCC(OC(=O)c3ccccc3)(CC1)CC2. The normalized spacial score (nSPS) is 29.4. The minimum absolute atomic E-state index is 0.136. The molecule has 23 heavy (non-hydrogen) atoms. The van der Waals surface area contributed by atoms with Crippen LogP contribution in [0.15, 0.2) is 30.3 Å². The zero-order chi connectivity index (χ0) is 16.2. The van der Waals surface area contributed by atoms with Crippen LogP contribution in [0.2, 0.25) is 0 Å². The van der Waals surface area contributed by atoms with Crippen molar-refractivity contribution in [1.29, 1.82) is 0 Å². The largest absolute Gasteiger partial charge is 0.455 e. The predicted molar refractivity (Wildman–Crippen MR) is 93.5 cm³/mol. The lowest BCUT2D eigenvalue weighted by molar-refractivity contribution is -0.106. The van der Waals surface area contributed by atoms with Gasteiger partial charge in [-0.05, 0) is 62.5 Å². The highest BCUT2D eigenvalue weighted by molar-refractivity contribution is 5.89. The maximum atomic E-state index is 12.4. The topological polar surface area (TPSA) is 26.3 Å². The van der Waals surface area contributed by atoms with Crippen LogP contribution in [-0.4, -0.2) is 11.6 Å². The first-order valence-electron chi connectivity index (χ1n) is 9.46. The molecular formula is C21H30O2. The number of ether oxygens (including phenoxy) is 1. The third-order valence-electron chi connectivity index (χ3n) is 6.21. The first kappa shape index (κ1) is 16.5. The van der Waals surface area contributed by atoms with Gasteiger partial charge in [-0.15, -0.1) is 0 Å². The maximum Gasteiger partial charge on any atom is 0.338 e. The summed E-state index contributed by atoms with van der Waals surface area (Å²) in [4.78, 5) is 12.4. The molecule has 0 radical (unpaired) electrons. The number of rotatable bonds is 7. The van der Waals surface area contributed by atoms with Gasteiger partial charge in [0.2, 0.25) is 0 Å². The van der Waals surface area contributed by atoms with Gasteiger partial charge in [0.1, 0.15) is 5.60 Å². The molecule has 3 fully saturated rings. The molecule has 0 spiro atoms. The van der Waals surface area contributed by atoms with E-state index in [1.165, 1.54) is 51.4 Å². The Hall–Kier alpha value is -1.31. The first-order chi connectivity index (χ1) is 11.2. The molecule has 0 N–H and O–H groups in total. The summed E-state index contributed by atoms with van der Waals surface area (Å²) in [6.07, 6.45) is 13.8. The molecular weight excluding hydrogens is 284 g/mol. The third-order valence-corrected chi connectivity index (χ3v) is 6.21. The van der Waals surface area contributed by atoms with Crippen LogP contribution < -0.4 is 0 Å². The summed E-state index contributed by atoms with van der Waals surface area (Å²) in [7, 11) is 0. The van der Waals surface area contributed by atoms with Crippen LogP contribution in [0.3, 0.4) is 0 Å². The van der Waals surface area contributed by atoms with Crippen molar-refractivity contribution < 1.29 is 9.53 Å². The summed E-state index contributed by atoms with van der Waals surface area (Å²) in [5.74, 6) is -0.136. The Labute approximate surface area is 140 Å². The summed E-state index contributed by atoms with van der Waals surface area (Å²) in [5, 5.41) is 0. The van der Waals surface area contributed by atoms with Crippen molar-refractivity contribution in [2.24, 2.45) is 5.41 Å². The van der Waals surface area contributed by atoms with Crippen LogP contribution in [0.4, 0.5) is 0 Å². The van der Waals surface area contributed by atoms with Crippen LogP contribution in [0.25, 0.3) is 0 Å². The molecule has 4 rings (SSSR count). The second-order valence-electron chi connectivity index (χ2n) is 7.75. The average molecular weight is 314 g/mol. The van der Waals surface area contributed by atoms with E-state index < -0.39 is 0 Å². The van der Waals surface area contributed by atoms with Crippen molar-refractivity contribution in [1.82, 2.24) is 0 Å². The minimum atomic E-state index is -0.169. The number of fused-ring (bicyclic) bond motifs is 3. The van der Waals surface area contributed by atoms with Gasteiger partial charge in [0.15, 0.2) is 0 Å². The van der Waals surface area contributed by atoms with Crippen LogP contribution in [0.5, 0.6) is 0 Å². The molecule has 0 aliphatic heterocycles. The highest BCUT2D eigenvalue weighted by Gasteiger charge is 2.50. The molecule has 2 heteroatoms. The molecule has 0 saturated heterocycles. The second kappa shape index (κ2) is 7.07. The lowest BCUT2D eigenvalue weighted by atomic mass is 9.57. The number of carbonyl (C=O) groups excluding carboxylic acids is 1. The van der Waals surface area contributed by atoms with Gasteiger partial charge in [-0.25, -0.2) is 4.79 Å². The van der Waals surface area contributed by atoms with Crippen LogP contribution in [0.1, 0.15) is 87.9 Å². The van der Waals surface area contributed by atoms with Crippen LogP contribution >= 0.6 is 0 Å². The van der Waals surface area contributed by atoms with Crippen molar-refractivity contribution >= 4 is 5.97 Å². The van der Waals surface area contributed by atoms with Gasteiger partial charge in [-0.3, -0.25) is 0 Å². The Morgan fingerprint density at radius 2 is 1.61 bits per heavy atom. The zero-order valence-electron chi connectivity index (χ0n) is 14.5. The smallest absolute Gasteiger partial charge is 0.338 e. The molecule has 0 atom stereocenters. The molecule has 1 aromatic carbocycles. The third kappa shape index (κ3) is 3.79. The van der Waals surface area contributed by atoms with E-state index in [-0.39, 0.29) is 11.6 Å². The van der Waals surface area contributed by atoms with E-state index in [1.54, 1.807) is 0 Å². The number of benzene rings is 1. The summed E-state index contributed by atoms with van der Waals surface area (Å²) >= 11 is 0. The average Bonchev–Trinajstić information content (AvgIpc) is 2.61. The molecule has 2 bridgehead atoms. The van der Waals surface area contributed by atoms with Gasteiger partial charge in [0.05, 0.1) is 5.56 Å². The van der Waals surface area contributed by atoms with Gasteiger partial charge in [0.25, 0.3) is 0 Å². The molecule has 0 amide bonds. The molecule has 1 aromatic rings. The fraction of sp³-hybridized carbons (Fsp3) is 0.667. The van der Waals surface area contributed by atoms with E-state index in [2.05, 4.69) is 6.92 Å². The van der Waals surface area contributed by atoms with Gasteiger partial charge < -0.3 is 4.74 Å². The van der Waals surface area contributed by atoms with Crippen molar-refractivity contribution in [2.45, 2.75) is 83.2 Å². The van der Waals surface area contributed by atoms with E-state index in [0.717, 1.165) is 19.3 Å². The van der Waals surface area contributed by atoms with Gasteiger partial charge in [-0.2, -0.15) is 0 Å². The standard InChI is InChI=1S/C21H30O2/c1-2-3-4-8-11-20-12-15-21(16-13-20,17-14-20)23-19(22)18-9-6-5-7-10-18/h5-7,9-10H,2-4,8,11-17H2,1H3. The van der Waals surface area contributed by atoms with Crippen molar-refractivity contribution in [2.75, 3.05) is 0 Å². The quantitative estimate of drug-likeness (QED) is 0.462. The number of hydrogen-bond acceptors (Lipinski definition) is 2. The highest BCUT2D eigenvalue weighted by atomic mass is 16.6. The van der Waals surface area contributed by atoms with E-state index >= 15 is 0 Å². The van der Waals surface area contributed by atoms with E-state index in [0.29, 0.717) is 11.0 Å². The molecule has 0 unspecified atom stereocenters. The fourth-order valence-corrected chi connectivity index (χ4v) is 4.51. The Morgan fingerprint density at radius 3 is 2.22 bits per heavy atom. The van der Waals surface area contributed by atoms with E-state index in [4.69, 9.17) is 4.74 Å². The molecule has 0 aromatic heterocycles. The number of carbonyl (C=O) groups is 1. The van der Waals surface area contributed by atoms with Crippen molar-refractivity contribution in [3.8, 4) is 0 Å². The van der Waals surface area contributed by atoms with Gasteiger partial charge in [0, 0.05) is 0 Å². The highest BCUT2D eigenvalue weighted by Crippen LogP contribution is 2.56. The van der Waals surface area contributed by atoms with Crippen LogP contribution in [-0.2, 0) is 4.74 Å². The predicted octanol–water partition coefficient (Wildman–Crippen LogP) is 5.91. The Balaban J connectivity index is 1.54. The van der Waals surface area contributed by atoms with Crippen LogP contribution in [0, 0.1) is 5.41 Å². The van der Waals surface area contributed by atoms with Crippen molar-refractivity contribution in [3.05, 3.63) is 35.9 Å². The fourth-order valence-electron chi connectivity index (χ4n) is 4.51. The maximum absolute atomic E-state index is 12.4. The lowest BCUT2D eigenvalue weighted by Gasteiger charge is -2.53. The van der Waals surface area contributed by atoms with Gasteiger partial charge >= 0.3 is 5.97 Å². The molecule has 3 aliphatic rings. The summed E-state index contributed by atoms with van der Waals surface area (Å²) in [5.41, 5.74) is 1.08. The monoisotopic (exact) mass is 314 g/mol. The Kier molecular flexibility index (Phi) is 5.08. The minimum Gasteiger partial charge on any atom is -0.455 e. The van der Waals surface area contributed by atoms with Gasteiger partial charge in [-0.1, -0.05) is 50.8 Å². The Morgan fingerprint density at radius 1 is 0.957 bits per heavy atom. The molecule has 2 nitrogen and oxygen atoms in total. The molecule has 3 aliphatic carbocycles. The lowest BCUT2D eigenvalue weighted by Crippen LogP contribution is -2.48. The van der Waals surface area contributed by atoms with Crippen molar-refractivity contribution in [3.63, 3.8) is 0 Å². The molecule has 126 valence electrons.